The predicted molar refractivity (Wildman–Crippen MR) is 114 cm³/mol. The first-order valence-corrected chi connectivity index (χ1v) is 11.5. The lowest BCUT2D eigenvalue weighted by molar-refractivity contribution is -0.152. The molecule has 0 atom stereocenters. The van der Waals surface area contributed by atoms with Gasteiger partial charge in [-0.25, -0.2) is 12.8 Å². The number of hydrogen-bond donors (Lipinski definition) is 1. The summed E-state index contributed by atoms with van der Waals surface area (Å²) < 4.78 is 44.6. The number of nitrogens with zero attached hydrogens (tertiary/aromatic N) is 1. The zero-order valence-electron chi connectivity index (χ0n) is 16.2. The van der Waals surface area contributed by atoms with Crippen LogP contribution in [0.3, 0.4) is 0 Å². The van der Waals surface area contributed by atoms with E-state index in [1.165, 1.54) is 16.4 Å². The number of hydrogen-bond acceptors (Lipinski definition) is 5. The van der Waals surface area contributed by atoms with Gasteiger partial charge in [-0.2, -0.15) is 4.31 Å². The van der Waals surface area contributed by atoms with Crippen LogP contribution in [-0.4, -0.2) is 44.3 Å². The number of sulfonamides is 1. The maximum absolute atomic E-state index is 13.0. The molecule has 2 aromatic rings. The summed E-state index contributed by atoms with van der Waals surface area (Å²) in [6, 6.07) is 9.32. The van der Waals surface area contributed by atoms with Gasteiger partial charge < -0.3 is 10.1 Å². The highest BCUT2D eigenvalue weighted by atomic mass is 35.5. The van der Waals surface area contributed by atoms with Crippen LogP contribution in [0.25, 0.3) is 0 Å². The second-order valence-electron chi connectivity index (χ2n) is 6.89. The van der Waals surface area contributed by atoms with Gasteiger partial charge in [0.1, 0.15) is 5.82 Å². The first-order valence-electron chi connectivity index (χ1n) is 9.34. The van der Waals surface area contributed by atoms with E-state index in [-0.39, 0.29) is 40.9 Å². The minimum atomic E-state index is -3.77. The van der Waals surface area contributed by atoms with Crippen LogP contribution >= 0.6 is 23.2 Å². The predicted octanol–water partition coefficient (Wildman–Crippen LogP) is 3.72. The third kappa shape index (κ3) is 5.74. The summed E-state index contributed by atoms with van der Waals surface area (Å²) in [5, 5.41) is 2.97. The van der Waals surface area contributed by atoms with Gasteiger partial charge in [-0.1, -0.05) is 29.3 Å². The van der Waals surface area contributed by atoms with E-state index in [0.29, 0.717) is 5.69 Å². The van der Waals surface area contributed by atoms with Crippen molar-refractivity contribution < 1.29 is 27.1 Å². The number of rotatable bonds is 6. The van der Waals surface area contributed by atoms with Gasteiger partial charge in [0.2, 0.25) is 10.0 Å². The van der Waals surface area contributed by atoms with Crippen molar-refractivity contribution in [3.8, 4) is 0 Å². The Hall–Kier alpha value is -2.20. The van der Waals surface area contributed by atoms with E-state index in [2.05, 4.69) is 5.32 Å². The molecule has 11 heteroatoms. The average molecular weight is 489 g/mol. The molecule has 166 valence electrons. The smallest absolute Gasteiger partial charge is 0.309 e. The fourth-order valence-corrected chi connectivity index (χ4v) is 4.95. The number of carbonyl (C=O) groups is 2. The van der Waals surface area contributed by atoms with E-state index in [1.807, 2.05) is 0 Å². The minimum Gasteiger partial charge on any atom is -0.455 e. The quantitative estimate of drug-likeness (QED) is 0.625. The summed E-state index contributed by atoms with van der Waals surface area (Å²) in [6.45, 7) is -0.274. The molecule has 0 radical (unpaired) electrons. The molecule has 1 heterocycles. The molecular weight excluding hydrogens is 470 g/mol. The Bertz CT molecular complexity index is 1070. The summed E-state index contributed by atoms with van der Waals surface area (Å²) in [4.78, 5) is 24.3. The maximum atomic E-state index is 13.0. The van der Waals surface area contributed by atoms with Gasteiger partial charge in [0.05, 0.1) is 26.5 Å². The van der Waals surface area contributed by atoms with Crippen LogP contribution in [0.5, 0.6) is 0 Å². The largest absolute Gasteiger partial charge is 0.455 e. The van der Waals surface area contributed by atoms with E-state index in [0.717, 1.165) is 12.1 Å². The molecule has 7 nitrogen and oxygen atoms in total. The molecule has 31 heavy (non-hydrogen) atoms. The van der Waals surface area contributed by atoms with Gasteiger partial charge in [0.15, 0.2) is 6.61 Å². The van der Waals surface area contributed by atoms with E-state index in [1.54, 1.807) is 18.2 Å². The van der Waals surface area contributed by atoms with Gasteiger partial charge in [0.25, 0.3) is 5.91 Å². The zero-order chi connectivity index (χ0) is 22.6. The summed E-state index contributed by atoms with van der Waals surface area (Å²) in [6.07, 6.45) is 0.502. The Kier molecular flexibility index (Phi) is 7.53. The number of nitrogens with one attached hydrogen (secondary N) is 1. The van der Waals surface area contributed by atoms with Crippen molar-refractivity contribution in [3.63, 3.8) is 0 Å². The van der Waals surface area contributed by atoms with E-state index in [9.17, 15) is 22.4 Å². The molecule has 0 bridgehead atoms. The lowest BCUT2D eigenvalue weighted by Crippen LogP contribution is -2.40. The zero-order valence-corrected chi connectivity index (χ0v) is 18.5. The van der Waals surface area contributed by atoms with Crippen molar-refractivity contribution in [2.45, 2.75) is 17.7 Å². The van der Waals surface area contributed by atoms with E-state index < -0.39 is 40.2 Å². The number of carbonyl (C=O) groups excluding carboxylic acids is 2. The SMILES string of the molecule is O=C(COC(=O)C1CCN(S(=O)(=O)c2ccc(F)cc2)CC1)Nc1cccc(Cl)c1Cl. The molecule has 1 aliphatic rings. The van der Waals surface area contributed by atoms with Crippen molar-refractivity contribution in [1.82, 2.24) is 4.31 Å². The van der Waals surface area contributed by atoms with Gasteiger partial charge in [-0.3, -0.25) is 9.59 Å². The van der Waals surface area contributed by atoms with Crippen molar-refractivity contribution in [2.24, 2.45) is 5.92 Å². The number of amides is 1. The Balaban J connectivity index is 1.49. The Labute approximate surface area is 189 Å². The molecule has 0 saturated carbocycles. The van der Waals surface area contributed by atoms with Crippen molar-refractivity contribution >= 4 is 50.8 Å². The van der Waals surface area contributed by atoms with Crippen LogP contribution in [0.1, 0.15) is 12.8 Å². The highest BCUT2D eigenvalue weighted by Gasteiger charge is 2.33. The molecule has 0 aliphatic carbocycles. The number of benzene rings is 2. The second kappa shape index (κ2) is 9.95. The van der Waals surface area contributed by atoms with Crippen LogP contribution < -0.4 is 5.32 Å². The van der Waals surface area contributed by atoms with Gasteiger partial charge >= 0.3 is 5.97 Å². The monoisotopic (exact) mass is 488 g/mol. The fraction of sp³-hybridized carbons (Fsp3) is 0.300. The molecule has 1 aliphatic heterocycles. The summed E-state index contributed by atoms with van der Waals surface area (Å²) in [5.74, 6) is -2.20. The highest BCUT2D eigenvalue weighted by Crippen LogP contribution is 2.29. The molecule has 0 unspecified atom stereocenters. The Morgan fingerprint density at radius 1 is 1.10 bits per heavy atom. The highest BCUT2D eigenvalue weighted by molar-refractivity contribution is 7.89. The molecular formula is C20H19Cl2FN2O5S. The molecule has 1 saturated heterocycles. The number of halogens is 3. The van der Waals surface area contributed by atoms with Gasteiger partial charge in [-0.15, -0.1) is 0 Å². The van der Waals surface area contributed by atoms with Crippen molar-refractivity contribution in [3.05, 3.63) is 58.3 Å². The van der Waals surface area contributed by atoms with Gasteiger partial charge in [-0.05, 0) is 49.2 Å². The van der Waals surface area contributed by atoms with Crippen molar-refractivity contribution in [2.75, 3.05) is 25.0 Å². The minimum absolute atomic E-state index is 0.00808. The van der Waals surface area contributed by atoms with Crippen LogP contribution in [0.15, 0.2) is 47.4 Å². The van der Waals surface area contributed by atoms with Crippen LogP contribution in [-0.2, 0) is 24.3 Å². The first-order chi connectivity index (χ1) is 14.7. The molecule has 2 aromatic carbocycles. The maximum Gasteiger partial charge on any atom is 0.309 e. The first kappa shape index (κ1) is 23.5. The fourth-order valence-electron chi connectivity index (χ4n) is 3.13. The molecule has 3 rings (SSSR count). The number of ether oxygens (including phenoxy) is 1. The lowest BCUT2D eigenvalue weighted by Gasteiger charge is -2.30. The standard InChI is InChI=1S/C20H19Cl2FN2O5S/c21-16-2-1-3-17(19(16)22)24-18(26)12-30-20(27)13-8-10-25(11-9-13)31(28,29)15-6-4-14(23)5-7-15/h1-7,13H,8-12H2,(H,24,26). The second-order valence-corrected chi connectivity index (χ2v) is 9.61. The van der Waals surface area contributed by atoms with Crippen LogP contribution in [0.4, 0.5) is 10.1 Å². The topological polar surface area (TPSA) is 92.8 Å². The van der Waals surface area contributed by atoms with Crippen LogP contribution in [0.2, 0.25) is 10.0 Å². The summed E-state index contributed by atoms with van der Waals surface area (Å²) in [7, 11) is -3.77. The number of esters is 1. The molecule has 1 amide bonds. The van der Waals surface area contributed by atoms with Crippen LogP contribution in [0, 0.1) is 11.7 Å². The van der Waals surface area contributed by atoms with Gasteiger partial charge in [0, 0.05) is 13.1 Å². The average Bonchev–Trinajstić information content (AvgIpc) is 2.75. The molecule has 1 fully saturated rings. The van der Waals surface area contributed by atoms with E-state index in [4.69, 9.17) is 27.9 Å². The number of piperidine rings is 1. The van der Waals surface area contributed by atoms with E-state index >= 15 is 0 Å². The molecule has 0 aromatic heterocycles. The Morgan fingerprint density at radius 3 is 2.39 bits per heavy atom. The number of anilines is 1. The molecule has 0 spiro atoms. The molecule has 1 N–H and O–H groups in total. The summed E-state index contributed by atoms with van der Waals surface area (Å²) in [5.41, 5.74) is 0.300. The Morgan fingerprint density at radius 2 is 1.74 bits per heavy atom. The normalized spacial score (nSPS) is 15.5. The third-order valence-corrected chi connectivity index (χ3v) is 7.54. The lowest BCUT2D eigenvalue weighted by atomic mass is 9.98. The third-order valence-electron chi connectivity index (χ3n) is 4.81. The summed E-state index contributed by atoms with van der Waals surface area (Å²) >= 11 is 11.9. The van der Waals surface area contributed by atoms with Crippen molar-refractivity contribution in [1.29, 1.82) is 0 Å².